The van der Waals surface area contributed by atoms with Crippen molar-refractivity contribution in [3.63, 3.8) is 0 Å². The molecule has 7 aromatic carbocycles. The molecule has 4 nitrogen and oxygen atoms in total. The minimum Gasteiger partial charge on any atom is -0.443 e. The van der Waals surface area contributed by atoms with Gasteiger partial charge in [0.25, 0.3) is 0 Å². The van der Waals surface area contributed by atoms with Crippen LogP contribution >= 0.6 is 0 Å². The number of para-hydroxylation sites is 1. The molecule has 3 heterocycles. The van der Waals surface area contributed by atoms with E-state index in [-0.39, 0.29) is 5.41 Å². The lowest BCUT2D eigenvalue weighted by molar-refractivity contribution is 0.605. The average molecular weight is 616 g/mol. The zero-order valence-electron chi connectivity index (χ0n) is 26.5. The van der Waals surface area contributed by atoms with Gasteiger partial charge >= 0.3 is 0 Å². The van der Waals surface area contributed by atoms with Gasteiger partial charge in [-0.3, -0.25) is 0 Å². The summed E-state index contributed by atoms with van der Waals surface area (Å²) in [5.41, 5.74) is 13.9. The third-order valence-electron chi connectivity index (χ3n) is 10.8. The van der Waals surface area contributed by atoms with E-state index in [1.807, 2.05) is 0 Å². The van der Waals surface area contributed by atoms with Crippen LogP contribution in [-0.2, 0) is 5.41 Å². The lowest BCUT2D eigenvalue weighted by atomic mass is 9.82. The quantitative estimate of drug-likeness (QED) is 0.198. The predicted octanol–water partition coefficient (Wildman–Crippen LogP) is 11.9. The third-order valence-corrected chi connectivity index (χ3v) is 10.8. The molecule has 226 valence electrons. The Hall–Kier alpha value is -6.13. The average Bonchev–Trinajstić information content (AvgIpc) is 3.86. The Labute approximate surface area is 276 Å². The molecule has 0 fully saturated rings. The van der Waals surface area contributed by atoms with Gasteiger partial charge in [0.15, 0.2) is 12.0 Å². The van der Waals surface area contributed by atoms with Gasteiger partial charge in [0.1, 0.15) is 5.52 Å². The fourth-order valence-corrected chi connectivity index (χ4v) is 8.60. The largest absolute Gasteiger partial charge is 0.443 e. The van der Waals surface area contributed by atoms with Gasteiger partial charge in [0, 0.05) is 38.6 Å². The summed E-state index contributed by atoms with van der Waals surface area (Å²) >= 11 is 0. The van der Waals surface area contributed by atoms with Crippen LogP contribution in [0.25, 0.3) is 71.1 Å². The summed E-state index contributed by atoms with van der Waals surface area (Å²) < 4.78 is 8.52. The summed E-state index contributed by atoms with van der Waals surface area (Å²) in [5.74, 6) is 0. The first-order valence-corrected chi connectivity index (χ1v) is 16.5. The second kappa shape index (κ2) is 9.02. The maximum absolute atomic E-state index is 6.12. The molecule has 48 heavy (non-hydrogen) atoms. The highest BCUT2D eigenvalue weighted by Crippen LogP contribution is 2.51. The normalized spacial score (nSPS) is 13.8. The van der Waals surface area contributed by atoms with Crippen molar-refractivity contribution >= 4 is 77.0 Å². The van der Waals surface area contributed by atoms with E-state index in [1.165, 1.54) is 54.8 Å². The number of hydrogen-bond acceptors (Lipinski definition) is 3. The highest BCUT2D eigenvalue weighted by Gasteiger charge is 2.36. The minimum absolute atomic E-state index is 0.104. The van der Waals surface area contributed by atoms with Crippen LogP contribution in [0, 0.1) is 0 Å². The second-order valence-corrected chi connectivity index (χ2v) is 13.7. The molecular weight excluding hydrogens is 587 g/mol. The van der Waals surface area contributed by atoms with Crippen LogP contribution in [0.15, 0.2) is 144 Å². The monoisotopic (exact) mass is 615 g/mol. The maximum Gasteiger partial charge on any atom is 0.182 e. The van der Waals surface area contributed by atoms with Crippen molar-refractivity contribution in [2.24, 2.45) is 0 Å². The lowest BCUT2D eigenvalue weighted by Crippen LogP contribution is -2.16. The molecule has 1 aliphatic carbocycles. The number of nitrogens with zero attached hydrogens (tertiary/aromatic N) is 3. The SMILES string of the molecule is CC1(C)c2ccccc2-c2ccc(N(c3ccc4ccccc4c3)c3ccc4c(c3)c3c5ocnc5cc5c6ccccc6n4c53)cc21. The zero-order valence-corrected chi connectivity index (χ0v) is 26.5. The van der Waals surface area contributed by atoms with Gasteiger partial charge in [0.05, 0.1) is 21.9 Å². The molecule has 0 bridgehead atoms. The first-order valence-electron chi connectivity index (χ1n) is 16.5. The van der Waals surface area contributed by atoms with Gasteiger partial charge < -0.3 is 13.7 Å². The molecule has 0 amide bonds. The number of anilines is 3. The molecule has 0 saturated carbocycles. The van der Waals surface area contributed by atoms with Gasteiger partial charge in [-0.2, -0.15) is 0 Å². The van der Waals surface area contributed by atoms with Crippen LogP contribution in [0.3, 0.4) is 0 Å². The highest BCUT2D eigenvalue weighted by atomic mass is 16.3. The van der Waals surface area contributed by atoms with Gasteiger partial charge in [-0.15, -0.1) is 0 Å². The Morgan fingerprint density at radius 2 is 1.29 bits per heavy atom. The zero-order chi connectivity index (χ0) is 31.7. The van der Waals surface area contributed by atoms with Crippen molar-refractivity contribution in [1.29, 1.82) is 0 Å². The number of benzene rings is 7. The van der Waals surface area contributed by atoms with Crippen LogP contribution in [0.4, 0.5) is 17.1 Å². The van der Waals surface area contributed by atoms with Gasteiger partial charge in [-0.25, -0.2) is 4.98 Å². The Morgan fingerprint density at radius 3 is 2.23 bits per heavy atom. The first-order chi connectivity index (χ1) is 23.6. The van der Waals surface area contributed by atoms with E-state index in [1.54, 1.807) is 6.39 Å². The highest BCUT2D eigenvalue weighted by molar-refractivity contribution is 6.30. The standard InChI is InChI=1S/C44H29N3O/c1-44(2)36-13-7-5-11-31(36)32-19-17-30(23-37(32)44)46(28-16-15-26-9-3-4-10-27(26)21-28)29-18-20-40-35(22-29)41-42-34(24-38-43(41)48-25-45-38)33-12-6-8-14-39(33)47(40)42/h3-25H,1-2H3. The van der Waals surface area contributed by atoms with Crippen molar-refractivity contribution in [1.82, 2.24) is 9.38 Å². The van der Waals surface area contributed by atoms with Crippen LogP contribution in [0.1, 0.15) is 25.0 Å². The van der Waals surface area contributed by atoms with E-state index in [0.717, 1.165) is 44.5 Å². The third kappa shape index (κ3) is 3.26. The van der Waals surface area contributed by atoms with E-state index < -0.39 is 0 Å². The van der Waals surface area contributed by atoms with Crippen LogP contribution in [-0.4, -0.2) is 9.38 Å². The molecule has 0 spiro atoms. The molecular formula is C44H29N3O. The summed E-state index contributed by atoms with van der Waals surface area (Å²) in [6.45, 7) is 4.69. The molecule has 0 N–H and O–H groups in total. The topological polar surface area (TPSA) is 33.7 Å². The molecule has 11 rings (SSSR count). The molecule has 4 heteroatoms. The van der Waals surface area contributed by atoms with Gasteiger partial charge in [-0.05, 0) is 87.6 Å². The fourth-order valence-electron chi connectivity index (χ4n) is 8.60. The molecule has 0 unspecified atom stereocenters. The smallest absolute Gasteiger partial charge is 0.182 e. The van der Waals surface area contributed by atoms with E-state index >= 15 is 0 Å². The Balaban J connectivity index is 1.21. The summed E-state index contributed by atoms with van der Waals surface area (Å²) in [6, 6.07) is 48.9. The lowest BCUT2D eigenvalue weighted by Gasteiger charge is -2.28. The van der Waals surface area contributed by atoms with Gasteiger partial charge in [0.2, 0.25) is 0 Å². The number of hydrogen-bond donors (Lipinski definition) is 0. The Morgan fingerprint density at radius 1 is 0.583 bits per heavy atom. The number of rotatable bonds is 3. The molecule has 0 atom stereocenters. The summed E-state index contributed by atoms with van der Waals surface area (Å²) in [4.78, 5) is 7.03. The second-order valence-electron chi connectivity index (χ2n) is 13.7. The van der Waals surface area contributed by atoms with Crippen molar-refractivity contribution in [3.05, 3.63) is 151 Å². The van der Waals surface area contributed by atoms with E-state index in [4.69, 9.17) is 4.42 Å². The van der Waals surface area contributed by atoms with Crippen LogP contribution < -0.4 is 4.90 Å². The van der Waals surface area contributed by atoms with Crippen molar-refractivity contribution < 1.29 is 4.42 Å². The summed E-state index contributed by atoms with van der Waals surface area (Å²) in [7, 11) is 0. The maximum atomic E-state index is 6.12. The molecule has 0 saturated heterocycles. The van der Waals surface area contributed by atoms with Crippen molar-refractivity contribution in [3.8, 4) is 11.1 Å². The minimum atomic E-state index is -0.104. The van der Waals surface area contributed by atoms with Gasteiger partial charge in [-0.1, -0.05) is 92.7 Å². The van der Waals surface area contributed by atoms with E-state index in [2.05, 4.69) is 162 Å². The van der Waals surface area contributed by atoms with E-state index in [9.17, 15) is 0 Å². The molecule has 1 aliphatic rings. The molecule has 0 radical (unpaired) electrons. The number of oxazole rings is 1. The number of fused-ring (bicyclic) bond motifs is 12. The van der Waals surface area contributed by atoms with Crippen molar-refractivity contribution in [2.75, 3.05) is 4.90 Å². The van der Waals surface area contributed by atoms with Crippen LogP contribution in [0.5, 0.6) is 0 Å². The first kappa shape index (κ1) is 26.0. The summed E-state index contributed by atoms with van der Waals surface area (Å²) in [5, 5.41) is 7.13. The molecule has 10 aromatic rings. The number of aromatic nitrogens is 2. The summed E-state index contributed by atoms with van der Waals surface area (Å²) in [6.07, 6.45) is 1.57. The van der Waals surface area contributed by atoms with Crippen molar-refractivity contribution in [2.45, 2.75) is 19.3 Å². The Kier molecular flexibility index (Phi) is 4.88. The molecule has 0 aliphatic heterocycles. The van der Waals surface area contributed by atoms with E-state index in [0.29, 0.717) is 0 Å². The molecule has 3 aromatic heterocycles. The fraction of sp³-hybridized carbons (Fsp3) is 0.0682. The van der Waals surface area contributed by atoms with Crippen LogP contribution in [0.2, 0.25) is 0 Å². The predicted molar refractivity (Wildman–Crippen MR) is 198 cm³/mol. The Bertz CT molecular complexity index is 2940.